The zero-order chi connectivity index (χ0) is 22.0. The lowest BCUT2D eigenvalue weighted by molar-refractivity contribution is 0.0950. The molecule has 0 saturated carbocycles. The number of fused-ring (bicyclic) bond motifs is 1. The molecule has 0 radical (unpaired) electrons. The number of benzene rings is 3. The summed E-state index contributed by atoms with van der Waals surface area (Å²) in [5.74, 6) is 0.479. The molecular formula is C23H21ClN2O4S. The molecule has 1 N–H and O–H groups in total. The van der Waals surface area contributed by atoms with Crippen LogP contribution < -0.4 is 14.4 Å². The van der Waals surface area contributed by atoms with Crippen molar-refractivity contribution in [2.24, 2.45) is 0 Å². The van der Waals surface area contributed by atoms with Gasteiger partial charge in [0.1, 0.15) is 5.75 Å². The Morgan fingerprint density at radius 2 is 1.84 bits per heavy atom. The summed E-state index contributed by atoms with van der Waals surface area (Å²) in [5.41, 5.74) is 2.78. The van der Waals surface area contributed by atoms with Crippen molar-refractivity contribution < 1.29 is 17.9 Å². The first kappa shape index (κ1) is 21.2. The summed E-state index contributed by atoms with van der Waals surface area (Å²) in [7, 11) is -2.11. The van der Waals surface area contributed by atoms with Gasteiger partial charge in [0.05, 0.1) is 17.7 Å². The number of rotatable bonds is 6. The summed E-state index contributed by atoms with van der Waals surface area (Å²) in [6, 6.07) is 18.7. The summed E-state index contributed by atoms with van der Waals surface area (Å²) < 4.78 is 32.8. The maximum absolute atomic E-state index is 13.0. The van der Waals surface area contributed by atoms with E-state index < -0.39 is 10.0 Å². The molecule has 3 aromatic carbocycles. The van der Waals surface area contributed by atoms with E-state index in [4.69, 9.17) is 16.3 Å². The molecule has 0 aliphatic carbocycles. The highest BCUT2D eigenvalue weighted by Crippen LogP contribution is 2.34. The number of hydrogen-bond donors (Lipinski definition) is 1. The Morgan fingerprint density at radius 3 is 2.58 bits per heavy atom. The van der Waals surface area contributed by atoms with Crippen LogP contribution in [0.25, 0.3) is 0 Å². The molecule has 160 valence electrons. The van der Waals surface area contributed by atoms with Crippen molar-refractivity contribution in [1.29, 1.82) is 0 Å². The number of nitrogens with one attached hydrogen (secondary N) is 1. The molecule has 4 rings (SSSR count). The normalized spacial score (nSPS) is 13.0. The molecule has 6 nitrogen and oxygen atoms in total. The summed E-state index contributed by atoms with van der Waals surface area (Å²) >= 11 is 5.88. The molecule has 0 spiro atoms. The topological polar surface area (TPSA) is 75.7 Å². The molecule has 1 amide bonds. The number of ether oxygens (including phenoxy) is 1. The maximum Gasteiger partial charge on any atom is 0.264 e. The lowest BCUT2D eigenvalue weighted by Gasteiger charge is -2.20. The number of halogens is 1. The van der Waals surface area contributed by atoms with Crippen LogP contribution >= 0.6 is 11.6 Å². The third-order valence-electron chi connectivity index (χ3n) is 5.23. The number of carbonyl (C=O) groups is 1. The number of anilines is 1. The lowest BCUT2D eigenvalue weighted by Crippen LogP contribution is -2.29. The lowest BCUT2D eigenvalue weighted by atomic mass is 10.1. The number of carbonyl (C=O) groups excluding carboxylic acids is 1. The van der Waals surface area contributed by atoms with Crippen molar-refractivity contribution >= 4 is 33.2 Å². The first-order valence-electron chi connectivity index (χ1n) is 9.71. The summed E-state index contributed by atoms with van der Waals surface area (Å²) in [6.07, 6.45) is 0.537. The van der Waals surface area contributed by atoms with E-state index in [9.17, 15) is 13.2 Å². The van der Waals surface area contributed by atoms with E-state index in [1.165, 1.54) is 16.4 Å². The van der Waals surface area contributed by atoms with Gasteiger partial charge in [0.25, 0.3) is 15.9 Å². The Labute approximate surface area is 186 Å². The van der Waals surface area contributed by atoms with Crippen LogP contribution in [0.15, 0.2) is 71.6 Å². The predicted octanol–water partition coefficient (Wildman–Crippen LogP) is 4.03. The van der Waals surface area contributed by atoms with Crippen LogP contribution in [0.4, 0.5) is 5.69 Å². The van der Waals surface area contributed by atoms with E-state index in [0.29, 0.717) is 41.5 Å². The predicted molar refractivity (Wildman–Crippen MR) is 120 cm³/mol. The third kappa shape index (κ3) is 4.24. The highest BCUT2D eigenvalue weighted by Gasteiger charge is 2.31. The molecule has 0 atom stereocenters. The third-order valence-corrected chi connectivity index (χ3v) is 7.31. The van der Waals surface area contributed by atoms with Gasteiger partial charge in [-0.2, -0.15) is 0 Å². The van der Waals surface area contributed by atoms with Crippen LogP contribution in [0.1, 0.15) is 21.5 Å². The Hall–Kier alpha value is -3.03. The minimum Gasteiger partial charge on any atom is -0.496 e. The van der Waals surface area contributed by atoms with Crippen LogP contribution in [-0.2, 0) is 23.0 Å². The van der Waals surface area contributed by atoms with Gasteiger partial charge in [-0.25, -0.2) is 8.42 Å². The fourth-order valence-electron chi connectivity index (χ4n) is 3.62. The van der Waals surface area contributed by atoms with E-state index in [-0.39, 0.29) is 10.8 Å². The van der Waals surface area contributed by atoms with Crippen molar-refractivity contribution in [1.82, 2.24) is 5.32 Å². The van der Waals surface area contributed by atoms with E-state index in [1.807, 2.05) is 24.3 Å². The Kier molecular flexibility index (Phi) is 5.89. The molecular weight excluding hydrogens is 436 g/mol. The molecule has 31 heavy (non-hydrogen) atoms. The average molecular weight is 457 g/mol. The fraction of sp³-hybridized carbons (Fsp3) is 0.174. The Bertz CT molecular complexity index is 1230. The van der Waals surface area contributed by atoms with Crippen LogP contribution in [0.2, 0.25) is 5.02 Å². The van der Waals surface area contributed by atoms with E-state index in [0.717, 1.165) is 11.1 Å². The van der Waals surface area contributed by atoms with Crippen molar-refractivity contribution in [3.05, 3.63) is 88.4 Å². The number of para-hydroxylation sites is 1. The molecule has 0 fully saturated rings. The highest BCUT2D eigenvalue weighted by atomic mass is 35.5. The Balaban J connectivity index is 1.52. The molecule has 1 heterocycles. The molecule has 1 aliphatic rings. The van der Waals surface area contributed by atoms with E-state index >= 15 is 0 Å². The zero-order valence-electron chi connectivity index (χ0n) is 16.8. The van der Waals surface area contributed by atoms with Gasteiger partial charge in [0, 0.05) is 29.2 Å². The van der Waals surface area contributed by atoms with Gasteiger partial charge in [-0.15, -0.1) is 0 Å². The van der Waals surface area contributed by atoms with Crippen LogP contribution in [-0.4, -0.2) is 28.0 Å². The largest absolute Gasteiger partial charge is 0.496 e. The number of methoxy groups -OCH3 is 1. The molecule has 3 aromatic rings. The van der Waals surface area contributed by atoms with E-state index in [2.05, 4.69) is 5.32 Å². The van der Waals surface area contributed by atoms with Gasteiger partial charge in [0.2, 0.25) is 0 Å². The van der Waals surface area contributed by atoms with Crippen LogP contribution in [0.5, 0.6) is 5.75 Å². The smallest absolute Gasteiger partial charge is 0.264 e. The zero-order valence-corrected chi connectivity index (χ0v) is 18.4. The number of amides is 1. The van der Waals surface area contributed by atoms with Gasteiger partial charge in [0.15, 0.2) is 0 Å². The second-order valence-electron chi connectivity index (χ2n) is 7.12. The van der Waals surface area contributed by atoms with Crippen LogP contribution in [0.3, 0.4) is 0 Å². The second kappa shape index (κ2) is 8.61. The minimum absolute atomic E-state index is 0.184. The highest BCUT2D eigenvalue weighted by molar-refractivity contribution is 7.92. The number of nitrogens with zero attached hydrogens (tertiary/aromatic N) is 1. The van der Waals surface area contributed by atoms with Crippen LogP contribution in [0, 0.1) is 0 Å². The minimum atomic E-state index is -3.70. The first-order chi connectivity index (χ1) is 14.9. The number of hydrogen-bond acceptors (Lipinski definition) is 4. The van der Waals surface area contributed by atoms with E-state index in [1.54, 1.807) is 37.4 Å². The van der Waals surface area contributed by atoms with Gasteiger partial charge in [-0.1, -0.05) is 29.8 Å². The van der Waals surface area contributed by atoms with Gasteiger partial charge >= 0.3 is 0 Å². The van der Waals surface area contributed by atoms with Gasteiger partial charge in [-0.05, 0) is 60.5 Å². The average Bonchev–Trinajstić information content (AvgIpc) is 3.22. The maximum atomic E-state index is 13.0. The summed E-state index contributed by atoms with van der Waals surface area (Å²) in [4.78, 5) is 12.8. The van der Waals surface area contributed by atoms with Crippen molar-refractivity contribution in [2.75, 3.05) is 18.0 Å². The monoisotopic (exact) mass is 456 g/mol. The molecule has 0 unspecified atom stereocenters. The van der Waals surface area contributed by atoms with Crippen molar-refractivity contribution in [2.45, 2.75) is 17.9 Å². The SMILES string of the molecule is COc1ccccc1CNC(=O)c1ccc2c(c1)CCN2S(=O)(=O)c1ccc(Cl)cc1. The second-order valence-corrected chi connectivity index (χ2v) is 9.42. The first-order valence-corrected chi connectivity index (χ1v) is 11.5. The molecule has 8 heteroatoms. The number of sulfonamides is 1. The molecule has 0 bridgehead atoms. The standard InChI is InChI=1S/C23H21ClN2O4S/c1-30-22-5-3-2-4-18(22)15-25-23(27)17-6-11-21-16(14-17)12-13-26(21)31(28,29)20-9-7-19(24)8-10-20/h2-11,14H,12-13,15H2,1H3,(H,25,27). The molecule has 0 saturated heterocycles. The van der Waals surface area contributed by atoms with Gasteiger partial charge < -0.3 is 10.1 Å². The summed E-state index contributed by atoms with van der Waals surface area (Å²) in [6.45, 7) is 0.656. The Morgan fingerprint density at radius 1 is 1.10 bits per heavy atom. The van der Waals surface area contributed by atoms with Crippen molar-refractivity contribution in [3.63, 3.8) is 0 Å². The quantitative estimate of drug-likeness (QED) is 0.607. The summed E-state index contributed by atoms with van der Waals surface area (Å²) in [5, 5.41) is 3.37. The fourth-order valence-corrected chi connectivity index (χ4v) is 5.25. The molecule has 0 aromatic heterocycles. The molecule has 1 aliphatic heterocycles. The van der Waals surface area contributed by atoms with Crippen molar-refractivity contribution in [3.8, 4) is 5.75 Å². The van der Waals surface area contributed by atoms with Gasteiger partial charge in [-0.3, -0.25) is 9.10 Å².